The summed E-state index contributed by atoms with van der Waals surface area (Å²) in [6, 6.07) is 1.92. The van der Waals surface area contributed by atoms with Gasteiger partial charge < -0.3 is 4.57 Å². The van der Waals surface area contributed by atoms with Crippen molar-refractivity contribution in [1.82, 2.24) is 19.3 Å². The fourth-order valence-corrected chi connectivity index (χ4v) is 1.64. The number of aromatic nitrogens is 4. The minimum Gasteiger partial charge on any atom is -0.311 e. The number of hydrogen-bond acceptors (Lipinski definition) is 3. The summed E-state index contributed by atoms with van der Waals surface area (Å²) in [6.07, 6.45) is 5.62. The second-order valence-corrected chi connectivity index (χ2v) is 3.77. The Bertz CT molecular complexity index is 546. The summed E-state index contributed by atoms with van der Waals surface area (Å²) < 4.78 is 3.33. The van der Waals surface area contributed by atoms with E-state index in [1.165, 1.54) is 6.20 Å². The molecule has 6 heteroatoms. The molecule has 0 atom stereocenters. The Balaban J connectivity index is 2.14. The molecule has 2 aromatic heterocycles. The lowest BCUT2D eigenvalue weighted by molar-refractivity contribution is 0.619. The maximum absolute atomic E-state index is 11.6. The van der Waals surface area contributed by atoms with Crippen molar-refractivity contribution in [2.45, 2.75) is 13.0 Å². The SMILES string of the molecule is Cn1nccc1CCn1ccnc(Cl)c1=O. The fraction of sp³-hybridized carbons (Fsp3) is 0.300. The molecule has 0 saturated carbocycles. The van der Waals surface area contributed by atoms with Crippen LogP contribution in [0.15, 0.2) is 29.5 Å². The van der Waals surface area contributed by atoms with E-state index >= 15 is 0 Å². The number of rotatable bonds is 3. The van der Waals surface area contributed by atoms with Gasteiger partial charge in [-0.2, -0.15) is 5.10 Å². The first-order valence-electron chi connectivity index (χ1n) is 4.86. The van der Waals surface area contributed by atoms with E-state index in [0.717, 1.165) is 12.1 Å². The van der Waals surface area contributed by atoms with E-state index in [2.05, 4.69) is 10.1 Å². The van der Waals surface area contributed by atoms with Gasteiger partial charge in [0.2, 0.25) is 0 Å². The summed E-state index contributed by atoms with van der Waals surface area (Å²) >= 11 is 5.64. The summed E-state index contributed by atoms with van der Waals surface area (Å²) in [7, 11) is 1.87. The van der Waals surface area contributed by atoms with Crippen LogP contribution in [0.2, 0.25) is 5.15 Å². The van der Waals surface area contributed by atoms with Crippen molar-refractivity contribution in [1.29, 1.82) is 0 Å². The lowest BCUT2D eigenvalue weighted by Gasteiger charge is -2.05. The molecule has 2 aromatic rings. The van der Waals surface area contributed by atoms with E-state index < -0.39 is 0 Å². The average molecular weight is 239 g/mol. The lowest BCUT2D eigenvalue weighted by atomic mass is 10.3. The van der Waals surface area contributed by atoms with E-state index in [1.54, 1.807) is 21.6 Å². The largest absolute Gasteiger partial charge is 0.311 e. The second-order valence-electron chi connectivity index (χ2n) is 3.41. The molecular formula is C10H11ClN4O. The van der Waals surface area contributed by atoms with Gasteiger partial charge in [-0.1, -0.05) is 11.6 Å². The minimum absolute atomic E-state index is 0.00695. The van der Waals surface area contributed by atoms with Gasteiger partial charge in [-0.05, 0) is 6.07 Å². The van der Waals surface area contributed by atoms with Crippen molar-refractivity contribution in [2.24, 2.45) is 7.05 Å². The molecule has 5 nitrogen and oxygen atoms in total. The Labute approximate surface area is 97.3 Å². The molecule has 0 aliphatic heterocycles. The number of nitrogens with zero attached hydrogens (tertiary/aromatic N) is 4. The molecule has 0 aromatic carbocycles. The first-order chi connectivity index (χ1) is 7.68. The van der Waals surface area contributed by atoms with Crippen molar-refractivity contribution in [3.8, 4) is 0 Å². The molecule has 0 radical (unpaired) electrons. The molecule has 0 amide bonds. The molecule has 84 valence electrons. The summed E-state index contributed by atoms with van der Waals surface area (Å²) in [5, 5.41) is 4.07. The van der Waals surface area contributed by atoms with Gasteiger partial charge in [0.25, 0.3) is 5.56 Å². The van der Waals surface area contributed by atoms with Crippen LogP contribution >= 0.6 is 11.6 Å². The maximum atomic E-state index is 11.6. The van der Waals surface area contributed by atoms with Gasteiger partial charge in [0.15, 0.2) is 5.15 Å². The molecule has 0 saturated heterocycles. The standard InChI is InChI=1S/C10H11ClN4O/c1-14-8(2-4-13-14)3-6-15-7-5-12-9(11)10(15)16/h2,4-5,7H,3,6H2,1H3. The molecule has 0 N–H and O–H groups in total. The molecule has 0 fully saturated rings. The third-order valence-electron chi connectivity index (χ3n) is 2.40. The van der Waals surface area contributed by atoms with Gasteiger partial charge in [-0.15, -0.1) is 0 Å². The lowest BCUT2D eigenvalue weighted by Crippen LogP contribution is -2.22. The number of aryl methyl sites for hydroxylation is 3. The van der Waals surface area contributed by atoms with Crippen molar-refractivity contribution in [2.75, 3.05) is 0 Å². The Morgan fingerprint density at radius 1 is 1.44 bits per heavy atom. The van der Waals surface area contributed by atoms with Gasteiger partial charge in [0, 0.05) is 44.3 Å². The average Bonchev–Trinajstić information content (AvgIpc) is 2.67. The van der Waals surface area contributed by atoms with Crippen molar-refractivity contribution < 1.29 is 0 Å². The van der Waals surface area contributed by atoms with Crippen LogP contribution in [-0.4, -0.2) is 19.3 Å². The molecule has 0 spiro atoms. The van der Waals surface area contributed by atoms with E-state index in [4.69, 9.17) is 11.6 Å². The van der Waals surface area contributed by atoms with Crippen LogP contribution < -0.4 is 5.56 Å². The third kappa shape index (κ3) is 2.14. The minimum atomic E-state index is -0.258. The molecule has 16 heavy (non-hydrogen) atoms. The van der Waals surface area contributed by atoms with Gasteiger partial charge in [-0.25, -0.2) is 4.98 Å². The molecular weight excluding hydrogens is 228 g/mol. The van der Waals surface area contributed by atoms with Crippen molar-refractivity contribution >= 4 is 11.6 Å². The highest BCUT2D eigenvalue weighted by Crippen LogP contribution is 2.00. The zero-order valence-electron chi connectivity index (χ0n) is 8.80. The predicted octanol–water partition coefficient (Wildman–Crippen LogP) is 0.873. The topological polar surface area (TPSA) is 52.7 Å². The Hall–Kier alpha value is -1.62. The predicted molar refractivity (Wildman–Crippen MR) is 60.4 cm³/mol. The Morgan fingerprint density at radius 2 is 2.25 bits per heavy atom. The molecule has 0 unspecified atom stereocenters. The van der Waals surface area contributed by atoms with Crippen LogP contribution in [0.1, 0.15) is 5.69 Å². The quantitative estimate of drug-likeness (QED) is 0.798. The number of halogens is 1. The highest BCUT2D eigenvalue weighted by atomic mass is 35.5. The van der Waals surface area contributed by atoms with Crippen molar-refractivity contribution in [3.63, 3.8) is 0 Å². The first kappa shape index (κ1) is 10.9. The highest BCUT2D eigenvalue weighted by Gasteiger charge is 2.03. The van der Waals surface area contributed by atoms with E-state index in [1.807, 2.05) is 13.1 Å². The van der Waals surface area contributed by atoms with Crippen LogP contribution in [0.5, 0.6) is 0 Å². The summed E-state index contributed by atoms with van der Waals surface area (Å²) in [4.78, 5) is 15.3. The van der Waals surface area contributed by atoms with Crippen LogP contribution in [0, 0.1) is 0 Å². The van der Waals surface area contributed by atoms with Crippen LogP contribution in [0.25, 0.3) is 0 Å². The second kappa shape index (κ2) is 4.49. The van der Waals surface area contributed by atoms with Crippen LogP contribution in [0.4, 0.5) is 0 Å². The summed E-state index contributed by atoms with van der Waals surface area (Å²) in [5.74, 6) is 0. The summed E-state index contributed by atoms with van der Waals surface area (Å²) in [6.45, 7) is 0.570. The normalized spacial score (nSPS) is 10.6. The first-order valence-corrected chi connectivity index (χ1v) is 5.24. The van der Waals surface area contributed by atoms with Gasteiger partial charge in [0.1, 0.15) is 0 Å². The smallest absolute Gasteiger partial charge is 0.288 e. The van der Waals surface area contributed by atoms with Gasteiger partial charge in [0.05, 0.1) is 0 Å². The fourth-order valence-electron chi connectivity index (χ4n) is 1.48. The van der Waals surface area contributed by atoms with Gasteiger partial charge in [-0.3, -0.25) is 9.48 Å². The molecule has 0 aliphatic carbocycles. The molecule has 2 rings (SSSR count). The maximum Gasteiger partial charge on any atom is 0.288 e. The molecule has 0 bridgehead atoms. The Kier molecular flexibility index (Phi) is 3.05. The Morgan fingerprint density at radius 3 is 2.94 bits per heavy atom. The van der Waals surface area contributed by atoms with Crippen LogP contribution in [-0.2, 0) is 20.0 Å². The monoisotopic (exact) mass is 238 g/mol. The summed E-state index contributed by atoms with van der Waals surface area (Å²) in [5.41, 5.74) is 0.811. The van der Waals surface area contributed by atoms with Gasteiger partial charge >= 0.3 is 0 Å². The van der Waals surface area contributed by atoms with E-state index in [0.29, 0.717) is 6.54 Å². The highest BCUT2D eigenvalue weighted by molar-refractivity contribution is 6.29. The zero-order chi connectivity index (χ0) is 11.5. The molecule has 2 heterocycles. The van der Waals surface area contributed by atoms with E-state index in [9.17, 15) is 4.79 Å². The third-order valence-corrected chi connectivity index (χ3v) is 2.66. The van der Waals surface area contributed by atoms with Crippen LogP contribution in [0.3, 0.4) is 0 Å². The number of hydrogen-bond donors (Lipinski definition) is 0. The molecule has 0 aliphatic rings. The van der Waals surface area contributed by atoms with E-state index in [-0.39, 0.29) is 10.7 Å². The van der Waals surface area contributed by atoms with Crippen molar-refractivity contribution in [3.05, 3.63) is 45.9 Å². The zero-order valence-corrected chi connectivity index (χ0v) is 9.55.